The Morgan fingerprint density at radius 1 is 0.710 bits per heavy atom. The molecule has 0 radical (unpaired) electrons. The Morgan fingerprint density at radius 2 is 1.31 bits per heavy atom. The monoisotopic (exact) mass is 880 g/mol. The van der Waals surface area contributed by atoms with E-state index in [0.717, 1.165) is 45.5 Å². The van der Waals surface area contributed by atoms with Gasteiger partial charge >= 0.3 is 17.9 Å². The summed E-state index contributed by atoms with van der Waals surface area (Å²) in [5, 5.41) is 65.9. The molecule has 0 aromatic carbocycles. The molecular weight excluding hydrogens is 812 g/mol. The lowest BCUT2D eigenvalue weighted by molar-refractivity contribution is -0.372. The molecule has 7 aliphatic rings. The largest absolute Gasteiger partial charge is 0.469 e. The molecular formula is C45H68O17. The number of esters is 3. The summed E-state index contributed by atoms with van der Waals surface area (Å²) in [4.78, 5) is 53.4. The smallest absolute Gasteiger partial charge is 0.337 e. The fraction of sp³-hybridized carbons (Fsp3) is 0.867. The predicted octanol–water partition coefficient (Wildman–Crippen LogP) is 1.48. The maximum atomic E-state index is 15.0. The average Bonchev–Trinajstić information content (AvgIpc) is 3.24. The molecule has 17 heteroatoms. The van der Waals surface area contributed by atoms with Crippen molar-refractivity contribution in [3.63, 3.8) is 0 Å². The lowest BCUT2D eigenvalue weighted by atomic mass is 9.33. The van der Waals surface area contributed by atoms with Crippen LogP contribution in [-0.2, 0) is 52.3 Å². The second kappa shape index (κ2) is 16.4. The third-order valence-corrected chi connectivity index (χ3v) is 17.9. The number of hydrogen-bond donors (Lipinski definition) is 6. The third-order valence-electron chi connectivity index (χ3n) is 17.9. The van der Waals surface area contributed by atoms with E-state index >= 15 is 4.79 Å². The van der Waals surface area contributed by atoms with Crippen LogP contribution in [0, 0.1) is 50.2 Å². The van der Waals surface area contributed by atoms with Gasteiger partial charge in [0.25, 0.3) is 0 Å². The summed E-state index contributed by atoms with van der Waals surface area (Å²) in [5.74, 6) is -2.94. The van der Waals surface area contributed by atoms with Gasteiger partial charge in [-0.1, -0.05) is 40.2 Å². The lowest BCUT2D eigenvalue weighted by Gasteiger charge is -2.70. The van der Waals surface area contributed by atoms with Crippen molar-refractivity contribution in [3.8, 4) is 0 Å². The number of fused-ring (bicyclic) bond motifs is 7. The van der Waals surface area contributed by atoms with E-state index in [4.69, 9.17) is 28.4 Å². The number of ketones is 1. The highest BCUT2D eigenvalue weighted by atomic mass is 16.8. The number of hydrogen-bond acceptors (Lipinski definition) is 17. The van der Waals surface area contributed by atoms with Crippen molar-refractivity contribution in [1.29, 1.82) is 0 Å². The molecule has 2 heterocycles. The van der Waals surface area contributed by atoms with Crippen molar-refractivity contribution in [2.75, 3.05) is 27.9 Å². The molecule has 2 aliphatic heterocycles. The molecule has 0 bridgehead atoms. The molecule has 2 saturated heterocycles. The van der Waals surface area contributed by atoms with Crippen molar-refractivity contribution in [2.45, 2.75) is 167 Å². The number of methoxy groups -OCH3 is 3. The number of allylic oxidation sites excluding steroid dienone is 2. The summed E-state index contributed by atoms with van der Waals surface area (Å²) >= 11 is 0. The predicted molar refractivity (Wildman–Crippen MR) is 214 cm³/mol. The lowest BCUT2D eigenvalue weighted by Crippen LogP contribution is -2.69. The summed E-state index contributed by atoms with van der Waals surface area (Å²) in [6, 6.07) is 0. The second-order valence-electron chi connectivity index (χ2n) is 21.0. The van der Waals surface area contributed by atoms with Crippen LogP contribution in [0.25, 0.3) is 0 Å². The number of aliphatic hydroxyl groups is 6. The first-order chi connectivity index (χ1) is 28.9. The fourth-order valence-corrected chi connectivity index (χ4v) is 13.8. The van der Waals surface area contributed by atoms with Crippen LogP contribution in [0.2, 0.25) is 0 Å². The summed E-state index contributed by atoms with van der Waals surface area (Å²) < 4.78 is 38.9. The minimum Gasteiger partial charge on any atom is -0.469 e. The molecule has 17 nitrogen and oxygen atoms in total. The van der Waals surface area contributed by atoms with Crippen molar-refractivity contribution in [1.82, 2.24) is 0 Å². The topological polar surface area (TPSA) is 254 Å². The third kappa shape index (κ3) is 6.93. The standard InChI is InChI=1S/C45H68O17/c1-40-14-15-41(2,39(55)58-9)19-22(40)21-18-23(47)34-42(3)12-11-25(43(4,20-46)24(42)10-13-45(34,6)44(21,5)17-16-40)59-38-33(29(51)28(50)32(61-38)36(54)57-8)62-37-30(52)26(48)27(49)31(60-37)35(53)56-7/h18,22,24-34,37-38,46,48-52H,10-17,19-20H2,1-9H3/t22-,24+,25-,26-,27-,28-,29-,30+,31-,32-,33+,34+,37-,38-,40+,41+,42-,43+,44+,45+/m0/s1. The Kier molecular flexibility index (Phi) is 12.5. The zero-order valence-corrected chi connectivity index (χ0v) is 37.4. The molecule has 6 fully saturated rings. The van der Waals surface area contributed by atoms with E-state index < -0.39 is 107 Å². The van der Waals surface area contributed by atoms with Gasteiger partial charge < -0.3 is 63.8 Å². The van der Waals surface area contributed by atoms with Crippen LogP contribution in [0.4, 0.5) is 0 Å². The molecule has 6 N–H and O–H groups in total. The van der Waals surface area contributed by atoms with Crippen molar-refractivity contribution >= 4 is 23.7 Å². The molecule has 62 heavy (non-hydrogen) atoms. The maximum Gasteiger partial charge on any atom is 0.337 e. The van der Waals surface area contributed by atoms with Crippen LogP contribution >= 0.6 is 0 Å². The Hall–Kier alpha value is -2.58. The van der Waals surface area contributed by atoms with E-state index in [1.807, 2.05) is 19.9 Å². The highest BCUT2D eigenvalue weighted by molar-refractivity contribution is 5.95. The van der Waals surface area contributed by atoms with E-state index in [1.165, 1.54) is 7.11 Å². The van der Waals surface area contributed by atoms with E-state index in [9.17, 15) is 45.0 Å². The van der Waals surface area contributed by atoms with Crippen LogP contribution in [0.15, 0.2) is 11.6 Å². The van der Waals surface area contributed by atoms with Gasteiger partial charge in [0.15, 0.2) is 30.6 Å². The number of rotatable bonds is 8. The average molecular weight is 881 g/mol. The van der Waals surface area contributed by atoms with Crippen molar-refractivity contribution in [3.05, 3.63) is 11.6 Å². The van der Waals surface area contributed by atoms with Gasteiger partial charge in [0.05, 0.1) is 39.5 Å². The first kappa shape index (κ1) is 47.4. The highest BCUT2D eigenvalue weighted by Crippen LogP contribution is 2.75. The van der Waals surface area contributed by atoms with Crippen LogP contribution < -0.4 is 0 Å². The van der Waals surface area contributed by atoms with E-state index in [2.05, 4.69) is 32.4 Å². The molecule has 5 aliphatic carbocycles. The molecule has 0 spiro atoms. The van der Waals surface area contributed by atoms with Crippen LogP contribution in [-0.4, -0.2) is 150 Å². The fourth-order valence-electron chi connectivity index (χ4n) is 13.8. The zero-order chi connectivity index (χ0) is 45.7. The quantitative estimate of drug-likeness (QED) is 0.115. The number of aliphatic hydroxyl groups excluding tert-OH is 6. The Morgan fingerprint density at radius 3 is 1.90 bits per heavy atom. The highest BCUT2D eigenvalue weighted by Gasteiger charge is 2.71. The van der Waals surface area contributed by atoms with Crippen LogP contribution in [0.1, 0.15) is 99.3 Å². The van der Waals surface area contributed by atoms with Gasteiger partial charge in [0.2, 0.25) is 0 Å². The summed E-state index contributed by atoms with van der Waals surface area (Å²) in [6.45, 7) is 12.5. The van der Waals surface area contributed by atoms with Crippen LogP contribution in [0.5, 0.6) is 0 Å². The minimum absolute atomic E-state index is 0.0337. The maximum absolute atomic E-state index is 15.0. The molecule has 350 valence electrons. The molecule has 0 aromatic rings. The zero-order valence-electron chi connectivity index (χ0n) is 37.4. The Balaban J connectivity index is 1.20. The minimum atomic E-state index is -1.97. The molecule has 4 saturated carbocycles. The first-order valence-electron chi connectivity index (χ1n) is 22.1. The Labute approximate surface area is 362 Å². The molecule has 20 atom stereocenters. The van der Waals surface area contributed by atoms with Gasteiger partial charge in [-0.25, -0.2) is 9.59 Å². The van der Waals surface area contributed by atoms with Crippen molar-refractivity contribution in [2.24, 2.45) is 50.2 Å². The second-order valence-corrected chi connectivity index (χ2v) is 21.0. The number of carbonyl (C=O) groups is 4. The first-order valence-corrected chi connectivity index (χ1v) is 22.1. The summed E-state index contributed by atoms with van der Waals surface area (Å²) in [5.41, 5.74) is -2.02. The van der Waals surface area contributed by atoms with Gasteiger partial charge in [-0.3, -0.25) is 9.59 Å². The Bertz CT molecular complexity index is 1810. The summed E-state index contributed by atoms with van der Waals surface area (Å²) in [6.07, 6.45) is -11.4. The molecule has 0 amide bonds. The SMILES string of the molecule is COC(=O)[C@H]1O[C@@H](O[C@H]2[C@@H](O[C@H]3CC[C@@]4(C)[C@@H](CC[C@]5(C)[C@@H]4C(=O)C=C4[C@@H]6C[C@](C)(C(=O)OC)CC[C@]6(C)CC[C@]45C)[C@@]3(C)CO)O[C@H](C(=O)OC)[C@@H](O)[C@@H]2O)[C@H](O)[C@@H](O)[C@@H]1O. The number of ether oxygens (including phenoxy) is 7. The van der Waals surface area contributed by atoms with Gasteiger partial charge in [-0.15, -0.1) is 0 Å². The number of carbonyl (C=O) groups excluding carboxylic acids is 4. The molecule has 7 rings (SSSR count). The molecule has 0 aromatic heterocycles. The van der Waals surface area contributed by atoms with E-state index in [1.54, 1.807) is 0 Å². The van der Waals surface area contributed by atoms with Gasteiger partial charge in [0.1, 0.15) is 36.6 Å². The van der Waals surface area contributed by atoms with E-state index in [-0.39, 0.29) is 41.0 Å². The van der Waals surface area contributed by atoms with Gasteiger partial charge in [-0.05, 0) is 104 Å². The van der Waals surface area contributed by atoms with Crippen molar-refractivity contribution < 1.29 is 83.0 Å². The van der Waals surface area contributed by atoms with Gasteiger partial charge in [0, 0.05) is 11.3 Å². The summed E-state index contributed by atoms with van der Waals surface area (Å²) in [7, 11) is 3.53. The van der Waals surface area contributed by atoms with E-state index in [0.29, 0.717) is 32.1 Å². The van der Waals surface area contributed by atoms with Gasteiger partial charge in [-0.2, -0.15) is 0 Å². The molecule has 0 unspecified atom stereocenters. The van der Waals surface area contributed by atoms with Crippen LogP contribution in [0.3, 0.4) is 0 Å². The normalized spacial score (nSPS) is 51.3.